The Hall–Kier alpha value is -2.11. The largest absolute Gasteiger partial charge is 0.496 e. The van der Waals surface area contributed by atoms with Crippen LogP contribution in [0.3, 0.4) is 0 Å². The van der Waals surface area contributed by atoms with Gasteiger partial charge >= 0.3 is 0 Å². The van der Waals surface area contributed by atoms with Gasteiger partial charge in [-0.3, -0.25) is 4.79 Å². The summed E-state index contributed by atoms with van der Waals surface area (Å²) in [5, 5.41) is 8.37. The number of methoxy groups -OCH3 is 2. The van der Waals surface area contributed by atoms with Gasteiger partial charge < -0.3 is 20.1 Å². The van der Waals surface area contributed by atoms with Gasteiger partial charge in [-0.15, -0.1) is 0 Å². The fraction of sp³-hybridized carbons (Fsp3) is 0.450. The van der Waals surface area contributed by atoms with Crippen molar-refractivity contribution in [2.45, 2.75) is 12.8 Å². The second-order valence-corrected chi connectivity index (χ2v) is 6.73. The highest BCUT2D eigenvalue weighted by molar-refractivity contribution is 6.08. The first-order chi connectivity index (χ1) is 12.2. The first-order valence-corrected chi connectivity index (χ1v) is 8.73. The smallest absolute Gasteiger partial charge is 0.251 e. The van der Waals surface area contributed by atoms with E-state index in [4.69, 9.17) is 9.47 Å². The van der Waals surface area contributed by atoms with Crippen LogP contribution in [0.25, 0.3) is 10.8 Å². The number of benzene rings is 2. The van der Waals surface area contributed by atoms with Crippen molar-refractivity contribution in [1.82, 2.24) is 10.6 Å². The topological polar surface area (TPSA) is 59.6 Å². The number of ether oxygens (including phenoxy) is 2. The molecule has 0 spiro atoms. The predicted molar refractivity (Wildman–Crippen MR) is 99.2 cm³/mol. The van der Waals surface area contributed by atoms with Gasteiger partial charge in [-0.05, 0) is 43.5 Å². The Morgan fingerprint density at radius 2 is 1.84 bits per heavy atom. The van der Waals surface area contributed by atoms with Crippen LogP contribution in [0.4, 0.5) is 0 Å². The van der Waals surface area contributed by atoms with Crippen LogP contribution < -0.4 is 15.4 Å². The number of amides is 1. The maximum atomic E-state index is 12.8. The molecule has 1 fully saturated rings. The zero-order valence-corrected chi connectivity index (χ0v) is 14.9. The summed E-state index contributed by atoms with van der Waals surface area (Å²) in [6.45, 7) is 3.22. The van der Waals surface area contributed by atoms with Gasteiger partial charge in [0, 0.05) is 30.0 Å². The minimum Gasteiger partial charge on any atom is -0.496 e. The molecule has 5 heteroatoms. The predicted octanol–water partition coefficient (Wildman–Crippen LogP) is 2.59. The van der Waals surface area contributed by atoms with Crippen molar-refractivity contribution >= 4 is 16.7 Å². The Bertz CT molecular complexity index is 733. The summed E-state index contributed by atoms with van der Waals surface area (Å²) in [6, 6.07) is 11.5. The van der Waals surface area contributed by atoms with Crippen molar-refractivity contribution in [3.05, 3.63) is 42.0 Å². The first kappa shape index (κ1) is 17.7. The average Bonchev–Trinajstić information content (AvgIpc) is 2.66. The molecule has 1 amide bonds. The van der Waals surface area contributed by atoms with Crippen LogP contribution in [0.1, 0.15) is 23.2 Å². The summed E-state index contributed by atoms with van der Waals surface area (Å²) in [6.07, 6.45) is 2.01. The van der Waals surface area contributed by atoms with E-state index in [-0.39, 0.29) is 11.3 Å². The molecule has 2 aromatic rings. The van der Waals surface area contributed by atoms with E-state index in [1.807, 2.05) is 36.4 Å². The molecule has 0 aliphatic carbocycles. The van der Waals surface area contributed by atoms with Gasteiger partial charge in [0.25, 0.3) is 5.91 Å². The van der Waals surface area contributed by atoms with Crippen LogP contribution in [0.2, 0.25) is 0 Å². The molecule has 1 aliphatic heterocycles. The van der Waals surface area contributed by atoms with E-state index in [2.05, 4.69) is 10.6 Å². The number of carbonyl (C=O) groups excluding carboxylic acids is 1. The molecular formula is C20H26N2O3. The number of carbonyl (C=O) groups is 1. The molecule has 0 radical (unpaired) electrons. The molecule has 0 bridgehead atoms. The Morgan fingerprint density at radius 1 is 1.12 bits per heavy atom. The van der Waals surface area contributed by atoms with Crippen molar-refractivity contribution in [3.8, 4) is 5.75 Å². The fourth-order valence-electron chi connectivity index (χ4n) is 3.65. The molecule has 134 valence electrons. The van der Waals surface area contributed by atoms with Gasteiger partial charge in [0.1, 0.15) is 5.75 Å². The Morgan fingerprint density at radius 3 is 2.52 bits per heavy atom. The highest BCUT2D eigenvalue weighted by Gasteiger charge is 2.32. The van der Waals surface area contributed by atoms with Gasteiger partial charge in [-0.25, -0.2) is 0 Å². The van der Waals surface area contributed by atoms with Gasteiger partial charge in [0.15, 0.2) is 0 Å². The maximum Gasteiger partial charge on any atom is 0.251 e. The molecule has 2 aromatic carbocycles. The third-order valence-corrected chi connectivity index (χ3v) is 5.09. The minimum absolute atomic E-state index is 0.0118. The van der Waals surface area contributed by atoms with Crippen molar-refractivity contribution in [2.24, 2.45) is 5.41 Å². The molecule has 1 aliphatic rings. The molecule has 3 rings (SSSR count). The highest BCUT2D eigenvalue weighted by atomic mass is 16.5. The van der Waals surface area contributed by atoms with Crippen molar-refractivity contribution < 1.29 is 14.3 Å². The van der Waals surface area contributed by atoms with Gasteiger partial charge in [0.05, 0.1) is 13.7 Å². The van der Waals surface area contributed by atoms with E-state index in [1.165, 1.54) is 0 Å². The van der Waals surface area contributed by atoms with Crippen LogP contribution in [-0.4, -0.2) is 46.4 Å². The van der Waals surface area contributed by atoms with Crippen LogP contribution in [0, 0.1) is 5.41 Å². The molecule has 0 unspecified atom stereocenters. The molecule has 0 saturated carbocycles. The van der Waals surface area contributed by atoms with Crippen LogP contribution in [-0.2, 0) is 4.74 Å². The fourth-order valence-corrected chi connectivity index (χ4v) is 3.65. The molecule has 2 N–H and O–H groups in total. The number of nitrogens with one attached hydrogen (secondary N) is 2. The monoisotopic (exact) mass is 342 g/mol. The standard InChI is InChI=1S/C20H26N2O3/c1-24-14-20(9-11-21-12-10-20)13-22-19(23)17-7-8-18(25-2)16-6-4-3-5-15(16)17/h3-8,21H,9-14H2,1-2H3,(H,22,23). The molecule has 25 heavy (non-hydrogen) atoms. The highest BCUT2D eigenvalue weighted by Crippen LogP contribution is 2.30. The SMILES string of the molecule is COCC1(CNC(=O)c2ccc(OC)c3ccccc23)CCNCC1. The zero-order chi connectivity index (χ0) is 17.7. The minimum atomic E-state index is -0.0483. The average molecular weight is 342 g/mol. The molecule has 1 heterocycles. The van der Waals surface area contributed by atoms with Crippen molar-refractivity contribution in [3.63, 3.8) is 0 Å². The second kappa shape index (κ2) is 7.85. The summed E-state index contributed by atoms with van der Waals surface area (Å²) < 4.78 is 10.8. The molecule has 1 saturated heterocycles. The van der Waals surface area contributed by atoms with E-state index in [0.717, 1.165) is 42.5 Å². The summed E-state index contributed by atoms with van der Waals surface area (Å²) in [7, 11) is 3.37. The first-order valence-electron chi connectivity index (χ1n) is 8.73. The van der Waals surface area contributed by atoms with Gasteiger partial charge in [-0.2, -0.15) is 0 Å². The maximum absolute atomic E-state index is 12.8. The summed E-state index contributed by atoms with van der Waals surface area (Å²) >= 11 is 0. The van der Waals surface area contributed by atoms with E-state index < -0.39 is 0 Å². The third-order valence-electron chi connectivity index (χ3n) is 5.09. The summed E-state index contributed by atoms with van der Waals surface area (Å²) in [4.78, 5) is 12.8. The summed E-state index contributed by atoms with van der Waals surface area (Å²) in [5.74, 6) is 0.731. The Labute approximate surface area is 148 Å². The van der Waals surface area contributed by atoms with E-state index in [0.29, 0.717) is 18.7 Å². The van der Waals surface area contributed by atoms with Crippen LogP contribution >= 0.6 is 0 Å². The quantitative estimate of drug-likeness (QED) is 0.847. The lowest BCUT2D eigenvalue weighted by molar-refractivity contribution is 0.0512. The van der Waals surface area contributed by atoms with Gasteiger partial charge in [0.2, 0.25) is 0 Å². The number of rotatable bonds is 6. The third kappa shape index (κ3) is 3.78. The number of fused-ring (bicyclic) bond motifs is 1. The lowest BCUT2D eigenvalue weighted by Gasteiger charge is -2.37. The summed E-state index contributed by atoms with van der Waals surface area (Å²) in [5.41, 5.74) is 0.690. The zero-order valence-electron chi connectivity index (χ0n) is 14.9. The van der Waals surface area contributed by atoms with E-state index in [9.17, 15) is 4.79 Å². The number of hydrogen-bond donors (Lipinski definition) is 2. The van der Waals surface area contributed by atoms with Crippen LogP contribution in [0.5, 0.6) is 5.75 Å². The normalized spacial score (nSPS) is 16.6. The Kier molecular flexibility index (Phi) is 5.56. The lowest BCUT2D eigenvalue weighted by Crippen LogP contribution is -2.47. The number of piperidine rings is 1. The number of hydrogen-bond acceptors (Lipinski definition) is 4. The van der Waals surface area contributed by atoms with Crippen molar-refractivity contribution in [1.29, 1.82) is 0 Å². The van der Waals surface area contributed by atoms with Crippen molar-refractivity contribution in [2.75, 3.05) is 40.5 Å². The molecule has 0 atom stereocenters. The Balaban J connectivity index is 1.80. The van der Waals surface area contributed by atoms with Gasteiger partial charge in [-0.1, -0.05) is 24.3 Å². The molecule has 0 aromatic heterocycles. The second-order valence-electron chi connectivity index (χ2n) is 6.73. The van der Waals surface area contributed by atoms with E-state index >= 15 is 0 Å². The lowest BCUT2D eigenvalue weighted by atomic mass is 9.79. The van der Waals surface area contributed by atoms with Crippen LogP contribution in [0.15, 0.2) is 36.4 Å². The van der Waals surface area contributed by atoms with E-state index in [1.54, 1.807) is 14.2 Å². The molecule has 5 nitrogen and oxygen atoms in total. The molecular weight excluding hydrogens is 316 g/mol.